The first-order valence-electron chi connectivity index (χ1n) is 6.36. The Hall–Kier alpha value is -2.61. The molecule has 0 aliphatic rings. The molecule has 0 aromatic heterocycles. The number of halogens is 2. The van der Waals surface area contributed by atoms with Gasteiger partial charge in [0, 0.05) is 5.69 Å². The van der Waals surface area contributed by atoms with Gasteiger partial charge in [0.25, 0.3) is 0 Å². The first kappa shape index (κ1) is 14.8. The number of hydrogen-bond donors (Lipinski definition) is 1. The Kier molecular flexibility index (Phi) is 4.72. The van der Waals surface area contributed by atoms with Crippen LogP contribution in [0.1, 0.15) is 17.2 Å². The van der Waals surface area contributed by atoms with Crippen LogP contribution in [0.2, 0.25) is 0 Å². The largest absolute Gasteiger partial charge is 0.435 e. The second-order valence-corrected chi connectivity index (χ2v) is 4.52. The van der Waals surface area contributed by atoms with E-state index in [9.17, 15) is 14.0 Å². The van der Waals surface area contributed by atoms with E-state index in [1.165, 1.54) is 12.1 Å². The smallest absolute Gasteiger partial charge is 0.387 e. The average molecular weight is 288 g/mol. The molecule has 0 spiro atoms. The van der Waals surface area contributed by atoms with Crippen LogP contribution >= 0.6 is 0 Å². The van der Waals surface area contributed by atoms with E-state index in [2.05, 4.69) is 16.1 Å². The number of hydrogen-bond acceptors (Lipinski definition) is 3. The molecule has 0 saturated heterocycles. The summed E-state index contributed by atoms with van der Waals surface area (Å²) in [6.45, 7) is -0.874. The van der Waals surface area contributed by atoms with E-state index in [4.69, 9.17) is 0 Å². The first-order valence-corrected chi connectivity index (χ1v) is 6.36. The molecule has 0 amide bonds. The topological polar surface area (TPSA) is 45.0 Å². The van der Waals surface area contributed by atoms with Gasteiger partial charge in [0.05, 0.1) is 6.07 Å². The number of nitrogens with zero attached hydrogens (tertiary/aromatic N) is 1. The summed E-state index contributed by atoms with van der Waals surface area (Å²) in [5, 5.41) is 12.3. The molecule has 1 unspecified atom stereocenters. The summed E-state index contributed by atoms with van der Waals surface area (Å²) in [6.07, 6.45) is 0. The molecule has 0 radical (unpaired) electrons. The van der Waals surface area contributed by atoms with E-state index in [0.29, 0.717) is 5.56 Å². The summed E-state index contributed by atoms with van der Waals surface area (Å²) >= 11 is 0. The molecule has 0 heterocycles. The van der Waals surface area contributed by atoms with E-state index in [1.807, 2.05) is 31.2 Å². The molecule has 2 rings (SSSR count). The minimum absolute atomic E-state index is 0.0702. The van der Waals surface area contributed by atoms with Crippen molar-refractivity contribution in [1.29, 1.82) is 5.26 Å². The van der Waals surface area contributed by atoms with Crippen LogP contribution in [0.5, 0.6) is 5.75 Å². The highest BCUT2D eigenvalue weighted by atomic mass is 19.3. The lowest BCUT2D eigenvalue weighted by atomic mass is 10.1. The molecular weight excluding hydrogens is 274 g/mol. The number of nitriles is 1. The third-order valence-electron chi connectivity index (χ3n) is 2.93. The molecule has 1 atom stereocenters. The van der Waals surface area contributed by atoms with Gasteiger partial charge >= 0.3 is 6.61 Å². The molecular formula is C16H14F2N2O. The summed E-state index contributed by atoms with van der Waals surface area (Å²) in [6, 6.07) is 15.2. The van der Waals surface area contributed by atoms with Gasteiger partial charge in [-0.25, -0.2) is 0 Å². The highest BCUT2D eigenvalue weighted by Crippen LogP contribution is 2.22. The van der Waals surface area contributed by atoms with Crippen molar-refractivity contribution in [1.82, 2.24) is 0 Å². The van der Waals surface area contributed by atoms with Gasteiger partial charge in [-0.05, 0) is 36.8 Å². The van der Waals surface area contributed by atoms with Crippen molar-refractivity contribution < 1.29 is 13.5 Å². The van der Waals surface area contributed by atoms with Gasteiger partial charge in [-0.3, -0.25) is 0 Å². The maximum absolute atomic E-state index is 12.1. The van der Waals surface area contributed by atoms with Crippen LogP contribution in [0.3, 0.4) is 0 Å². The van der Waals surface area contributed by atoms with Crippen molar-refractivity contribution in [2.24, 2.45) is 0 Å². The molecule has 2 aromatic rings. The number of aryl methyl sites for hydroxylation is 1. The molecule has 0 saturated carbocycles. The van der Waals surface area contributed by atoms with Gasteiger partial charge in [-0.15, -0.1) is 0 Å². The van der Waals surface area contributed by atoms with Crippen molar-refractivity contribution in [3.8, 4) is 11.8 Å². The van der Waals surface area contributed by atoms with Gasteiger partial charge in [-0.2, -0.15) is 14.0 Å². The molecule has 5 heteroatoms. The van der Waals surface area contributed by atoms with Crippen LogP contribution in [0, 0.1) is 18.3 Å². The number of anilines is 1. The summed E-state index contributed by atoms with van der Waals surface area (Å²) in [7, 11) is 0. The second kappa shape index (κ2) is 6.71. The van der Waals surface area contributed by atoms with E-state index in [1.54, 1.807) is 12.1 Å². The Morgan fingerprint density at radius 1 is 1.05 bits per heavy atom. The van der Waals surface area contributed by atoms with E-state index in [-0.39, 0.29) is 5.75 Å². The molecule has 0 aliphatic carbocycles. The number of alkyl halides is 2. The molecule has 0 fully saturated rings. The van der Waals surface area contributed by atoms with Crippen LogP contribution in [0.15, 0.2) is 48.5 Å². The number of rotatable bonds is 5. The van der Waals surface area contributed by atoms with E-state index in [0.717, 1.165) is 11.3 Å². The highest BCUT2D eigenvalue weighted by Gasteiger charge is 2.11. The second-order valence-electron chi connectivity index (χ2n) is 4.52. The third-order valence-corrected chi connectivity index (χ3v) is 2.93. The maximum Gasteiger partial charge on any atom is 0.387 e. The lowest BCUT2D eigenvalue weighted by molar-refractivity contribution is -0.0498. The Morgan fingerprint density at radius 3 is 2.19 bits per heavy atom. The van der Waals surface area contributed by atoms with Crippen LogP contribution < -0.4 is 10.1 Å². The summed E-state index contributed by atoms with van der Waals surface area (Å²) in [5.41, 5.74) is 2.63. The Morgan fingerprint density at radius 2 is 1.67 bits per heavy atom. The van der Waals surface area contributed by atoms with E-state index < -0.39 is 12.7 Å². The van der Waals surface area contributed by atoms with Gasteiger partial charge in [0.1, 0.15) is 11.8 Å². The first-order chi connectivity index (χ1) is 10.1. The monoisotopic (exact) mass is 288 g/mol. The fraction of sp³-hybridized carbons (Fsp3) is 0.188. The van der Waals surface area contributed by atoms with Crippen molar-refractivity contribution in [2.45, 2.75) is 19.6 Å². The SMILES string of the molecule is Cc1ccc(NC(C#N)c2ccc(OC(F)F)cc2)cc1. The van der Waals surface area contributed by atoms with Gasteiger partial charge in [-0.1, -0.05) is 29.8 Å². The molecule has 108 valence electrons. The molecule has 0 aliphatic heterocycles. The quantitative estimate of drug-likeness (QED) is 0.893. The third kappa shape index (κ3) is 4.18. The lowest BCUT2D eigenvalue weighted by Crippen LogP contribution is -2.08. The Labute approximate surface area is 121 Å². The van der Waals surface area contributed by atoms with Crippen molar-refractivity contribution >= 4 is 5.69 Å². The molecule has 1 N–H and O–H groups in total. The van der Waals surface area contributed by atoms with Crippen LogP contribution in [0.4, 0.5) is 14.5 Å². The normalized spacial score (nSPS) is 11.8. The highest BCUT2D eigenvalue weighted by molar-refractivity contribution is 5.48. The number of ether oxygens (including phenoxy) is 1. The summed E-state index contributed by atoms with van der Waals surface area (Å²) in [4.78, 5) is 0. The van der Waals surface area contributed by atoms with E-state index >= 15 is 0 Å². The zero-order chi connectivity index (χ0) is 15.2. The van der Waals surface area contributed by atoms with Crippen LogP contribution in [-0.4, -0.2) is 6.61 Å². The van der Waals surface area contributed by atoms with Gasteiger partial charge in [0.15, 0.2) is 0 Å². The Bertz CT molecular complexity index is 618. The fourth-order valence-corrected chi connectivity index (χ4v) is 1.85. The van der Waals surface area contributed by atoms with Gasteiger partial charge < -0.3 is 10.1 Å². The van der Waals surface area contributed by atoms with Gasteiger partial charge in [0.2, 0.25) is 0 Å². The van der Waals surface area contributed by atoms with Crippen molar-refractivity contribution in [2.75, 3.05) is 5.32 Å². The molecule has 2 aromatic carbocycles. The maximum atomic E-state index is 12.1. The fourth-order valence-electron chi connectivity index (χ4n) is 1.85. The summed E-state index contributed by atoms with van der Waals surface area (Å²) in [5.74, 6) is 0.0702. The van der Waals surface area contributed by atoms with Crippen LogP contribution in [0.25, 0.3) is 0 Å². The predicted octanol–water partition coefficient (Wildman–Crippen LogP) is 4.27. The zero-order valence-corrected chi connectivity index (χ0v) is 11.4. The Balaban J connectivity index is 2.10. The average Bonchev–Trinajstić information content (AvgIpc) is 2.47. The predicted molar refractivity (Wildman–Crippen MR) is 76.2 cm³/mol. The minimum Gasteiger partial charge on any atom is -0.435 e. The number of nitrogens with one attached hydrogen (secondary N) is 1. The summed E-state index contributed by atoms with van der Waals surface area (Å²) < 4.78 is 28.4. The molecule has 0 bridgehead atoms. The minimum atomic E-state index is -2.85. The van der Waals surface area contributed by atoms with Crippen molar-refractivity contribution in [3.05, 3.63) is 59.7 Å². The molecule has 3 nitrogen and oxygen atoms in total. The number of benzene rings is 2. The standard InChI is InChI=1S/C16H14F2N2O/c1-11-2-6-13(7-3-11)20-15(10-19)12-4-8-14(9-5-12)21-16(17)18/h2-9,15-16,20H,1H3. The molecule has 21 heavy (non-hydrogen) atoms. The van der Waals surface area contributed by atoms with Crippen molar-refractivity contribution in [3.63, 3.8) is 0 Å². The lowest BCUT2D eigenvalue weighted by Gasteiger charge is -2.14. The zero-order valence-electron chi connectivity index (χ0n) is 11.4. The van der Waals surface area contributed by atoms with Crippen LogP contribution in [-0.2, 0) is 0 Å².